The lowest BCUT2D eigenvalue weighted by atomic mass is 10.2. The van der Waals surface area contributed by atoms with Gasteiger partial charge in [0.2, 0.25) is 0 Å². The zero-order chi connectivity index (χ0) is 11.1. The summed E-state index contributed by atoms with van der Waals surface area (Å²) in [6.45, 7) is 1.73. The fourth-order valence-electron chi connectivity index (χ4n) is 1.39. The van der Waals surface area contributed by atoms with Crippen molar-refractivity contribution >= 4 is 11.2 Å². The lowest BCUT2D eigenvalue weighted by molar-refractivity contribution is -0.127. The van der Waals surface area contributed by atoms with E-state index in [1.54, 1.807) is 6.92 Å². The molecule has 1 N–H and O–H groups in total. The van der Waals surface area contributed by atoms with Crippen molar-refractivity contribution in [3.8, 4) is 0 Å². The first-order valence-electron chi connectivity index (χ1n) is 4.32. The summed E-state index contributed by atoms with van der Waals surface area (Å²) >= 11 is 0. The van der Waals surface area contributed by atoms with Crippen LogP contribution in [0.2, 0.25) is 0 Å². The van der Waals surface area contributed by atoms with E-state index in [1.165, 1.54) is 12.3 Å². The van der Waals surface area contributed by atoms with Crippen LogP contribution in [0.25, 0.3) is 11.2 Å². The van der Waals surface area contributed by atoms with Crippen LogP contribution in [0.1, 0.15) is 11.4 Å². The van der Waals surface area contributed by atoms with E-state index in [-0.39, 0.29) is 5.56 Å². The van der Waals surface area contributed by atoms with E-state index in [1.807, 2.05) is 0 Å². The standard InChI is InChI=1S/C9H8F3N3/c1-5-14-7-2-6(3-9(10,11)12)4-13-8(7)15-5/h2,4H,3H2,1H3,(H,13,14,15). The van der Waals surface area contributed by atoms with Crippen molar-refractivity contribution in [1.82, 2.24) is 15.0 Å². The minimum Gasteiger partial charge on any atom is -0.341 e. The van der Waals surface area contributed by atoms with Crippen molar-refractivity contribution in [3.05, 3.63) is 23.7 Å². The van der Waals surface area contributed by atoms with Gasteiger partial charge in [0, 0.05) is 6.20 Å². The molecule has 0 aromatic carbocycles. The van der Waals surface area contributed by atoms with Crippen LogP contribution in [0.3, 0.4) is 0 Å². The van der Waals surface area contributed by atoms with Gasteiger partial charge in [0.05, 0.1) is 11.9 Å². The number of aryl methyl sites for hydroxylation is 1. The molecule has 6 heteroatoms. The SMILES string of the molecule is Cc1nc2ncc(CC(F)(F)F)cc2[nH]1. The molecule has 2 rings (SSSR count). The Kier molecular flexibility index (Phi) is 2.13. The predicted molar refractivity (Wildman–Crippen MR) is 48.4 cm³/mol. The van der Waals surface area contributed by atoms with Crippen molar-refractivity contribution in [2.75, 3.05) is 0 Å². The topological polar surface area (TPSA) is 41.6 Å². The second-order valence-corrected chi connectivity index (χ2v) is 3.33. The van der Waals surface area contributed by atoms with Crippen LogP contribution in [-0.2, 0) is 6.42 Å². The van der Waals surface area contributed by atoms with Crippen molar-refractivity contribution in [1.29, 1.82) is 0 Å². The van der Waals surface area contributed by atoms with E-state index in [0.717, 1.165) is 0 Å². The van der Waals surface area contributed by atoms with Gasteiger partial charge in [-0.15, -0.1) is 0 Å². The number of alkyl halides is 3. The van der Waals surface area contributed by atoms with E-state index >= 15 is 0 Å². The van der Waals surface area contributed by atoms with E-state index in [4.69, 9.17) is 0 Å². The van der Waals surface area contributed by atoms with Gasteiger partial charge in [-0.25, -0.2) is 9.97 Å². The Morgan fingerprint density at radius 2 is 2.13 bits per heavy atom. The summed E-state index contributed by atoms with van der Waals surface area (Å²) in [4.78, 5) is 10.7. The molecule has 0 bridgehead atoms. The number of nitrogens with zero attached hydrogens (tertiary/aromatic N) is 2. The highest BCUT2D eigenvalue weighted by Gasteiger charge is 2.27. The second kappa shape index (κ2) is 3.22. The zero-order valence-corrected chi connectivity index (χ0v) is 7.89. The van der Waals surface area contributed by atoms with Crippen molar-refractivity contribution < 1.29 is 13.2 Å². The molecule has 3 nitrogen and oxygen atoms in total. The summed E-state index contributed by atoms with van der Waals surface area (Å²) in [7, 11) is 0. The van der Waals surface area contributed by atoms with Crippen LogP contribution in [-0.4, -0.2) is 21.1 Å². The Bertz CT molecular complexity index is 487. The molecule has 2 aromatic heterocycles. The van der Waals surface area contributed by atoms with Crippen LogP contribution in [0.4, 0.5) is 13.2 Å². The number of imidazole rings is 1. The van der Waals surface area contributed by atoms with E-state index in [9.17, 15) is 13.2 Å². The van der Waals surface area contributed by atoms with Crippen LogP contribution in [0.15, 0.2) is 12.3 Å². The monoisotopic (exact) mass is 215 g/mol. The molecule has 0 amide bonds. The van der Waals surface area contributed by atoms with E-state index in [0.29, 0.717) is 17.0 Å². The molecular weight excluding hydrogens is 207 g/mol. The lowest BCUT2D eigenvalue weighted by Gasteiger charge is -2.04. The maximum atomic E-state index is 12.1. The van der Waals surface area contributed by atoms with Crippen molar-refractivity contribution in [2.45, 2.75) is 19.5 Å². The molecule has 0 aliphatic rings. The van der Waals surface area contributed by atoms with Gasteiger partial charge < -0.3 is 4.98 Å². The Labute approximate surface area is 83.4 Å². The van der Waals surface area contributed by atoms with Gasteiger partial charge in [-0.05, 0) is 18.6 Å². The average molecular weight is 215 g/mol. The fourth-order valence-corrected chi connectivity index (χ4v) is 1.39. The van der Waals surface area contributed by atoms with Gasteiger partial charge in [0.25, 0.3) is 0 Å². The summed E-state index contributed by atoms with van der Waals surface area (Å²) < 4.78 is 36.3. The number of halogens is 3. The molecule has 0 radical (unpaired) electrons. The summed E-state index contributed by atoms with van der Waals surface area (Å²) in [6.07, 6.45) is -3.96. The first-order chi connectivity index (χ1) is 6.94. The predicted octanol–water partition coefficient (Wildman–Crippen LogP) is 2.37. The van der Waals surface area contributed by atoms with Crippen LogP contribution < -0.4 is 0 Å². The third-order valence-electron chi connectivity index (χ3n) is 1.92. The molecule has 80 valence electrons. The minimum absolute atomic E-state index is 0.138. The summed E-state index contributed by atoms with van der Waals surface area (Å²) in [6, 6.07) is 1.43. The number of rotatable bonds is 1. The smallest absolute Gasteiger partial charge is 0.341 e. The molecule has 0 aliphatic heterocycles. The number of nitrogens with one attached hydrogen (secondary N) is 1. The number of fused-ring (bicyclic) bond motifs is 1. The molecule has 0 aliphatic carbocycles. The maximum absolute atomic E-state index is 12.1. The molecule has 0 spiro atoms. The zero-order valence-electron chi connectivity index (χ0n) is 7.89. The normalized spacial score (nSPS) is 12.3. The molecule has 0 saturated carbocycles. The Balaban J connectivity index is 2.38. The highest BCUT2D eigenvalue weighted by Crippen LogP contribution is 2.22. The Morgan fingerprint density at radius 1 is 1.40 bits per heavy atom. The largest absolute Gasteiger partial charge is 0.393 e. The molecule has 0 unspecified atom stereocenters. The van der Waals surface area contributed by atoms with Crippen molar-refractivity contribution in [2.24, 2.45) is 0 Å². The maximum Gasteiger partial charge on any atom is 0.393 e. The van der Waals surface area contributed by atoms with Crippen molar-refractivity contribution in [3.63, 3.8) is 0 Å². The highest BCUT2D eigenvalue weighted by molar-refractivity contribution is 5.70. The van der Waals surface area contributed by atoms with Gasteiger partial charge in [-0.3, -0.25) is 0 Å². The number of aromatic amines is 1. The fraction of sp³-hybridized carbons (Fsp3) is 0.333. The van der Waals surface area contributed by atoms with Gasteiger partial charge >= 0.3 is 6.18 Å². The number of H-pyrrole nitrogens is 1. The number of pyridine rings is 1. The molecule has 2 heterocycles. The quantitative estimate of drug-likeness (QED) is 0.793. The molecular formula is C9H8F3N3. The lowest BCUT2D eigenvalue weighted by Crippen LogP contribution is -2.11. The summed E-state index contributed by atoms with van der Waals surface area (Å²) in [5.41, 5.74) is 1.12. The number of hydrogen-bond acceptors (Lipinski definition) is 2. The third-order valence-corrected chi connectivity index (χ3v) is 1.92. The molecule has 15 heavy (non-hydrogen) atoms. The Hall–Kier alpha value is -1.59. The van der Waals surface area contributed by atoms with Gasteiger partial charge in [-0.1, -0.05) is 0 Å². The third kappa shape index (κ3) is 2.26. The van der Waals surface area contributed by atoms with Crippen LogP contribution in [0.5, 0.6) is 0 Å². The number of hydrogen-bond donors (Lipinski definition) is 1. The van der Waals surface area contributed by atoms with E-state index in [2.05, 4.69) is 15.0 Å². The molecule has 2 aromatic rings. The van der Waals surface area contributed by atoms with E-state index < -0.39 is 12.6 Å². The first kappa shape index (κ1) is 9.95. The molecule has 0 atom stereocenters. The Morgan fingerprint density at radius 3 is 2.80 bits per heavy atom. The number of aromatic nitrogens is 3. The van der Waals surface area contributed by atoms with Crippen LogP contribution in [0, 0.1) is 6.92 Å². The second-order valence-electron chi connectivity index (χ2n) is 3.33. The van der Waals surface area contributed by atoms with Gasteiger partial charge in [0.1, 0.15) is 5.82 Å². The summed E-state index contributed by atoms with van der Waals surface area (Å²) in [5.74, 6) is 0.640. The van der Waals surface area contributed by atoms with Gasteiger partial charge in [-0.2, -0.15) is 13.2 Å². The summed E-state index contributed by atoms with van der Waals surface area (Å²) in [5, 5.41) is 0. The first-order valence-corrected chi connectivity index (χ1v) is 4.32. The highest BCUT2D eigenvalue weighted by atomic mass is 19.4. The molecule has 0 saturated heterocycles. The van der Waals surface area contributed by atoms with Crippen LogP contribution >= 0.6 is 0 Å². The minimum atomic E-state index is -4.20. The van der Waals surface area contributed by atoms with Gasteiger partial charge in [0.15, 0.2) is 5.65 Å². The molecule has 0 fully saturated rings. The average Bonchev–Trinajstić information content (AvgIpc) is 2.40.